The van der Waals surface area contributed by atoms with E-state index in [1.807, 2.05) is 43.5 Å². The van der Waals surface area contributed by atoms with E-state index in [2.05, 4.69) is 37.7 Å². The standard InChI is InChI=1S/C23H28ClN5O/c1-17-16-25-23(28-22(17)26-20-6-4-5-18(24)15-20)27-19-7-9-21(10-8-19)30-14-13-29-11-2-3-12-29/h4-7,9-10,15-16,19H,2-3,8,11-14H2,1H3,(H2,25,26,27,28). The third kappa shape index (κ3) is 5.74. The summed E-state index contributed by atoms with van der Waals surface area (Å²) in [6, 6.07) is 7.72. The molecule has 0 spiro atoms. The Bertz CT molecular complexity index is 924. The highest BCUT2D eigenvalue weighted by Crippen LogP contribution is 2.22. The molecule has 6 nitrogen and oxygen atoms in total. The molecular formula is C23H28ClN5O. The SMILES string of the molecule is Cc1cnc(NC2C=CC(OCCN3CCCC3)=CC2)nc1Nc1cccc(Cl)c1. The summed E-state index contributed by atoms with van der Waals surface area (Å²) in [4.78, 5) is 11.5. The minimum atomic E-state index is 0.137. The predicted octanol–water partition coefficient (Wildman–Crippen LogP) is 4.92. The van der Waals surface area contributed by atoms with Gasteiger partial charge in [0, 0.05) is 29.0 Å². The number of anilines is 3. The predicted molar refractivity (Wildman–Crippen MR) is 122 cm³/mol. The molecule has 0 amide bonds. The van der Waals surface area contributed by atoms with E-state index in [1.165, 1.54) is 25.9 Å². The smallest absolute Gasteiger partial charge is 0.225 e. The summed E-state index contributed by atoms with van der Waals surface area (Å²) in [6.45, 7) is 6.13. The van der Waals surface area contributed by atoms with Gasteiger partial charge in [-0.1, -0.05) is 23.7 Å². The number of nitrogens with zero attached hydrogens (tertiary/aromatic N) is 3. The van der Waals surface area contributed by atoms with Crippen molar-refractivity contribution in [3.8, 4) is 0 Å². The Hall–Kier alpha value is -2.57. The molecule has 1 aromatic carbocycles. The third-order valence-electron chi connectivity index (χ3n) is 5.31. The Labute approximate surface area is 183 Å². The first-order valence-electron chi connectivity index (χ1n) is 10.5. The Morgan fingerprint density at radius 2 is 2.13 bits per heavy atom. The summed E-state index contributed by atoms with van der Waals surface area (Å²) < 4.78 is 5.91. The van der Waals surface area contributed by atoms with Gasteiger partial charge in [0.05, 0.1) is 6.04 Å². The second-order valence-corrected chi connectivity index (χ2v) is 8.15. The average molecular weight is 426 g/mol. The number of rotatable bonds is 8. The molecule has 0 bridgehead atoms. The van der Waals surface area contributed by atoms with Gasteiger partial charge in [-0.2, -0.15) is 4.98 Å². The lowest BCUT2D eigenvalue weighted by Gasteiger charge is -2.20. The molecule has 1 fully saturated rings. The van der Waals surface area contributed by atoms with Crippen LogP contribution in [0.4, 0.5) is 17.5 Å². The van der Waals surface area contributed by atoms with Crippen LogP contribution in [0.3, 0.4) is 0 Å². The molecule has 1 aromatic heterocycles. The largest absolute Gasteiger partial charge is 0.493 e. The molecule has 30 heavy (non-hydrogen) atoms. The first kappa shape index (κ1) is 20.7. The Morgan fingerprint density at radius 3 is 2.90 bits per heavy atom. The van der Waals surface area contributed by atoms with Crippen LogP contribution in [0, 0.1) is 6.92 Å². The van der Waals surface area contributed by atoms with Crippen LogP contribution in [0.2, 0.25) is 5.02 Å². The molecular weight excluding hydrogens is 398 g/mol. The van der Waals surface area contributed by atoms with Gasteiger partial charge in [-0.15, -0.1) is 0 Å². The molecule has 0 radical (unpaired) electrons. The lowest BCUT2D eigenvalue weighted by molar-refractivity contribution is 0.178. The molecule has 0 saturated carbocycles. The Balaban J connectivity index is 1.29. The molecule has 1 aliphatic heterocycles. The molecule has 2 aliphatic rings. The first-order chi connectivity index (χ1) is 14.7. The quantitative estimate of drug-likeness (QED) is 0.626. The van der Waals surface area contributed by atoms with Crippen molar-refractivity contribution in [2.45, 2.75) is 32.2 Å². The van der Waals surface area contributed by atoms with Crippen LogP contribution < -0.4 is 10.6 Å². The molecule has 158 valence electrons. The van der Waals surface area contributed by atoms with Crippen molar-refractivity contribution >= 4 is 29.1 Å². The zero-order valence-electron chi connectivity index (χ0n) is 17.3. The normalized spacial score (nSPS) is 18.9. The fraction of sp³-hybridized carbons (Fsp3) is 0.391. The van der Waals surface area contributed by atoms with Crippen molar-refractivity contribution in [1.82, 2.24) is 14.9 Å². The highest BCUT2D eigenvalue weighted by atomic mass is 35.5. The van der Waals surface area contributed by atoms with E-state index in [9.17, 15) is 0 Å². The van der Waals surface area contributed by atoms with E-state index in [4.69, 9.17) is 16.3 Å². The van der Waals surface area contributed by atoms with E-state index in [1.54, 1.807) is 0 Å². The van der Waals surface area contributed by atoms with Crippen LogP contribution in [0.1, 0.15) is 24.8 Å². The van der Waals surface area contributed by atoms with Crippen LogP contribution in [0.5, 0.6) is 0 Å². The van der Waals surface area contributed by atoms with Crippen molar-refractivity contribution in [3.05, 3.63) is 65.0 Å². The van der Waals surface area contributed by atoms with E-state index in [-0.39, 0.29) is 6.04 Å². The van der Waals surface area contributed by atoms with Crippen molar-refractivity contribution in [2.24, 2.45) is 0 Å². The maximum Gasteiger partial charge on any atom is 0.225 e. The highest BCUT2D eigenvalue weighted by molar-refractivity contribution is 6.30. The minimum absolute atomic E-state index is 0.137. The van der Waals surface area contributed by atoms with Crippen LogP contribution in [-0.4, -0.2) is 47.2 Å². The zero-order chi connectivity index (χ0) is 20.8. The second kappa shape index (κ2) is 9.96. The molecule has 1 atom stereocenters. The number of hydrogen-bond donors (Lipinski definition) is 2. The third-order valence-corrected chi connectivity index (χ3v) is 5.55. The van der Waals surface area contributed by atoms with Crippen molar-refractivity contribution in [2.75, 3.05) is 36.9 Å². The van der Waals surface area contributed by atoms with Gasteiger partial charge in [-0.25, -0.2) is 4.98 Å². The lowest BCUT2D eigenvalue weighted by atomic mass is 10.1. The van der Waals surface area contributed by atoms with Gasteiger partial charge in [0.1, 0.15) is 18.2 Å². The lowest BCUT2D eigenvalue weighted by Crippen LogP contribution is -2.24. The molecule has 7 heteroatoms. The van der Waals surface area contributed by atoms with Gasteiger partial charge >= 0.3 is 0 Å². The van der Waals surface area contributed by atoms with Gasteiger partial charge in [0.25, 0.3) is 0 Å². The fourth-order valence-corrected chi connectivity index (χ4v) is 3.81. The van der Waals surface area contributed by atoms with E-state index >= 15 is 0 Å². The molecule has 1 saturated heterocycles. The molecule has 2 aromatic rings. The maximum atomic E-state index is 6.08. The van der Waals surface area contributed by atoms with E-state index in [0.717, 1.165) is 42.4 Å². The van der Waals surface area contributed by atoms with Crippen LogP contribution >= 0.6 is 11.6 Å². The Kier molecular flexibility index (Phi) is 6.87. The number of hydrogen-bond acceptors (Lipinski definition) is 6. The van der Waals surface area contributed by atoms with E-state index in [0.29, 0.717) is 11.0 Å². The molecule has 2 heterocycles. The number of ether oxygens (including phenoxy) is 1. The molecule has 2 N–H and O–H groups in total. The number of halogens is 1. The van der Waals surface area contributed by atoms with Gasteiger partial charge in [0.2, 0.25) is 5.95 Å². The first-order valence-corrected chi connectivity index (χ1v) is 10.9. The second-order valence-electron chi connectivity index (χ2n) is 7.71. The van der Waals surface area contributed by atoms with Gasteiger partial charge in [-0.3, -0.25) is 4.90 Å². The van der Waals surface area contributed by atoms with Gasteiger partial charge in [-0.05, 0) is 69.6 Å². The molecule has 4 rings (SSSR count). The number of aromatic nitrogens is 2. The van der Waals surface area contributed by atoms with Crippen molar-refractivity contribution in [3.63, 3.8) is 0 Å². The molecule has 1 aliphatic carbocycles. The number of allylic oxidation sites excluding steroid dienone is 1. The van der Waals surface area contributed by atoms with Crippen LogP contribution in [-0.2, 0) is 4.74 Å². The number of likely N-dealkylation sites (tertiary alicyclic amines) is 1. The van der Waals surface area contributed by atoms with Crippen LogP contribution in [0.25, 0.3) is 0 Å². The summed E-state index contributed by atoms with van der Waals surface area (Å²) >= 11 is 6.08. The van der Waals surface area contributed by atoms with Gasteiger partial charge in [0.15, 0.2) is 0 Å². The van der Waals surface area contributed by atoms with Gasteiger partial charge < -0.3 is 15.4 Å². The average Bonchev–Trinajstić information content (AvgIpc) is 3.25. The molecule has 1 unspecified atom stereocenters. The zero-order valence-corrected chi connectivity index (χ0v) is 18.0. The summed E-state index contributed by atoms with van der Waals surface area (Å²) in [6.07, 6.45) is 11.5. The van der Waals surface area contributed by atoms with Crippen LogP contribution in [0.15, 0.2) is 54.4 Å². The topological polar surface area (TPSA) is 62.3 Å². The van der Waals surface area contributed by atoms with Crippen molar-refractivity contribution < 1.29 is 4.74 Å². The summed E-state index contributed by atoms with van der Waals surface area (Å²) in [5.74, 6) is 2.29. The summed E-state index contributed by atoms with van der Waals surface area (Å²) in [5, 5.41) is 7.38. The summed E-state index contributed by atoms with van der Waals surface area (Å²) in [5.41, 5.74) is 1.86. The number of aryl methyl sites for hydroxylation is 1. The maximum absolute atomic E-state index is 6.08. The Morgan fingerprint density at radius 1 is 1.27 bits per heavy atom. The van der Waals surface area contributed by atoms with Crippen molar-refractivity contribution in [1.29, 1.82) is 0 Å². The highest BCUT2D eigenvalue weighted by Gasteiger charge is 2.14. The monoisotopic (exact) mass is 425 g/mol. The minimum Gasteiger partial charge on any atom is -0.493 e. The fourth-order valence-electron chi connectivity index (χ4n) is 3.62. The summed E-state index contributed by atoms with van der Waals surface area (Å²) in [7, 11) is 0. The van der Waals surface area contributed by atoms with E-state index < -0.39 is 0 Å². The number of nitrogens with one attached hydrogen (secondary N) is 2. The number of benzene rings is 1.